The van der Waals surface area contributed by atoms with Crippen molar-refractivity contribution in [2.45, 2.75) is 24.5 Å². The number of carbonyl (C=O) groups is 1. The molecule has 0 saturated carbocycles. The molecule has 2 N–H and O–H groups in total. The average molecular weight is 435 g/mol. The zero-order chi connectivity index (χ0) is 21.7. The van der Waals surface area contributed by atoms with Crippen LogP contribution in [-0.4, -0.2) is 59.3 Å². The van der Waals surface area contributed by atoms with E-state index in [2.05, 4.69) is 19.9 Å². The summed E-state index contributed by atoms with van der Waals surface area (Å²) in [6.07, 6.45) is 1.89. The summed E-state index contributed by atoms with van der Waals surface area (Å²) >= 11 is 0. The van der Waals surface area contributed by atoms with Gasteiger partial charge in [0.05, 0.1) is 19.8 Å². The highest BCUT2D eigenvalue weighted by atomic mass is 32.2. The highest BCUT2D eigenvalue weighted by Crippen LogP contribution is 2.24. The van der Waals surface area contributed by atoms with Crippen LogP contribution in [0.15, 0.2) is 41.4 Å². The molecule has 2 aromatic rings. The molecular weight excluding hydrogens is 408 g/mol. The first-order valence-corrected chi connectivity index (χ1v) is 11.0. The van der Waals surface area contributed by atoms with E-state index in [-0.39, 0.29) is 28.9 Å². The molecule has 0 spiro atoms. The van der Waals surface area contributed by atoms with Gasteiger partial charge in [0.15, 0.2) is 0 Å². The highest BCUT2D eigenvalue weighted by Gasteiger charge is 2.20. The van der Waals surface area contributed by atoms with E-state index in [4.69, 9.17) is 9.47 Å². The third-order valence-corrected chi connectivity index (χ3v) is 6.25. The van der Waals surface area contributed by atoms with Crippen LogP contribution in [0.25, 0.3) is 0 Å². The predicted molar refractivity (Wildman–Crippen MR) is 112 cm³/mol. The van der Waals surface area contributed by atoms with Crippen LogP contribution in [0.2, 0.25) is 0 Å². The maximum atomic E-state index is 12.5. The number of amides is 1. The van der Waals surface area contributed by atoms with Crippen LogP contribution >= 0.6 is 0 Å². The van der Waals surface area contributed by atoms with Gasteiger partial charge in [0.2, 0.25) is 10.0 Å². The minimum absolute atomic E-state index is 0.0918. The summed E-state index contributed by atoms with van der Waals surface area (Å²) in [6.45, 7) is 4.56. The Morgan fingerprint density at radius 1 is 1.33 bits per heavy atom. The third kappa shape index (κ3) is 5.07. The lowest BCUT2D eigenvalue weighted by atomic mass is 10.2. The molecule has 1 atom stereocenters. The van der Waals surface area contributed by atoms with Crippen molar-refractivity contribution in [2.24, 2.45) is 0 Å². The molecule has 1 unspecified atom stereocenters. The maximum Gasteiger partial charge on any atom is 0.251 e. The molecule has 1 aromatic heterocycles. The first kappa shape index (κ1) is 22.0. The molecule has 0 radical (unpaired) electrons. The van der Waals surface area contributed by atoms with E-state index in [1.165, 1.54) is 32.4 Å². The number of carbonyl (C=O) groups excluding carboxylic acids is 1. The fourth-order valence-electron chi connectivity index (χ4n) is 3.16. The second-order valence-electron chi connectivity index (χ2n) is 6.91. The average Bonchev–Trinajstić information content (AvgIpc) is 2.77. The van der Waals surface area contributed by atoms with Gasteiger partial charge in [-0.1, -0.05) is 6.07 Å². The van der Waals surface area contributed by atoms with Crippen LogP contribution in [-0.2, 0) is 21.3 Å². The lowest BCUT2D eigenvalue weighted by Gasteiger charge is -2.32. The van der Waals surface area contributed by atoms with E-state index in [1.54, 1.807) is 6.20 Å². The summed E-state index contributed by atoms with van der Waals surface area (Å²) in [4.78, 5) is 19.1. The molecule has 1 aliphatic heterocycles. The Bertz CT molecular complexity index is 995. The Hall–Kier alpha value is -2.69. The molecular formula is C20H26N4O5S. The molecule has 1 saturated heterocycles. The monoisotopic (exact) mass is 434 g/mol. The van der Waals surface area contributed by atoms with Crippen LogP contribution in [0, 0.1) is 0 Å². The molecule has 0 bridgehead atoms. The van der Waals surface area contributed by atoms with Gasteiger partial charge in [-0.2, -0.15) is 0 Å². The highest BCUT2D eigenvalue weighted by molar-refractivity contribution is 7.89. The number of rotatable bonds is 7. The molecule has 162 valence electrons. The Morgan fingerprint density at radius 3 is 2.77 bits per heavy atom. The van der Waals surface area contributed by atoms with Crippen molar-refractivity contribution in [2.75, 3.05) is 38.8 Å². The number of pyridine rings is 1. The quantitative estimate of drug-likeness (QED) is 0.673. The van der Waals surface area contributed by atoms with Crippen molar-refractivity contribution in [3.05, 3.63) is 47.7 Å². The molecule has 1 fully saturated rings. The number of nitrogens with zero attached hydrogens (tertiary/aromatic N) is 2. The Labute approximate surface area is 176 Å². The Kier molecular flexibility index (Phi) is 6.91. The van der Waals surface area contributed by atoms with Crippen molar-refractivity contribution in [1.82, 2.24) is 15.0 Å². The van der Waals surface area contributed by atoms with Gasteiger partial charge in [0.1, 0.15) is 16.5 Å². The van der Waals surface area contributed by atoms with Gasteiger partial charge in [-0.25, -0.2) is 18.1 Å². The zero-order valence-electron chi connectivity index (χ0n) is 17.2. The number of ether oxygens (including phenoxy) is 2. The van der Waals surface area contributed by atoms with Crippen LogP contribution in [0.3, 0.4) is 0 Å². The topological polar surface area (TPSA) is 110 Å². The number of methoxy groups -OCH3 is 1. The molecule has 30 heavy (non-hydrogen) atoms. The van der Waals surface area contributed by atoms with Crippen LogP contribution in [0.4, 0.5) is 5.82 Å². The fourth-order valence-corrected chi connectivity index (χ4v) is 4.08. The molecule has 1 amide bonds. The molecule has 9 nitrogen and oxygen atoms in total. The largest absolute Gasteiger partial charge is 0.495 e. The van der Waals surface area contributed by atoms with Gasteiger partial charge in [-0.3, -0.25) is 4.79 Å². The van der Waals surface area contributed by atoms with Crippen molar-refractivity contribution in [3.8, 4) is 5.75 Å². The zero-order valence-corrected chi connectivity index (χ0v) is 18.0. The molecule has 3 rings (SSSR count). The van der Waals surface area contributed by atoms with Crippen LogP contribution in [0.1, 0.15) is 22.8 Å². The van der Waals surface area contributed by atoms with Gasteiger partial charge in [-0.15, -0.1) is 0 Å². The number of hydrogen-bond acceptors (Lipinski definition) is 7. The first-order chi connectivity index (χ1) is 14.3. The van der Waals surface area contributed by atoms with E-state index >= 15 is 0 Å². The number of hydrogen-bond donors (Lipinski definition) is 2. The lowest BCUT2D eigenvalue weighted by Crippen LogP contribution is -2.41. The standard InChI is InChI=1S/C20H26N4O5S/c1-14-13-24(8-9-29-14)19-7-4-15(11-22-19)12-23-20(25)16-5-6-17(28-3)18(10-16)30(26,27)21-2/h4-7,10-11,14,21H,8-9,12-13H2,1-3H3,(H,23,25). The lowest BCUT2D eigenvalue weighted by molar-refractivity contribution is 0.0529. The first-order valence-electron chi connectivity index (χ1n) is 9.55. The number of nitrogens with one attached hydrogen (secondary N) is 2. The van der Waals surface area contributed by atoms with E-state index in [0.717, 1.165) is 24.5 Å². The maximum absolute atomic E-state index is 12.5. The predicted octanol–water partition coefficient (Wildman–Crippen LogP) is 1.15. The van der Waals surface area contributed by atoms with Crippen LogP contribution < -0.4 is 19.7 Å². The van der Waals surface area contributed by atoms with E-state index < -0.39 is 15.9 Å². The van der Waals surface area contributed by atoms with Gasteiger partial charge >= 0.3 is 0 Å². The molecule has 2 heterocycles. The van der Waals surface area contributed by atoms with Gasteiger partial charge in [0, 0.05) is 31.4 Å². The van der Waals surface area contributed by atoms with E-state index in [9.17, 15) is 13.2 Å². The second-order valence-corrected chi connectivity index (χ2v) is 8.76. The molecule has 10 heteroatoms. The molecule has 0 aliphatic carbocycles. The summed E-state index contributed by atoms with van der Waals surface area (Å²) in [7, 11) is -1.09. The summed E-state index contributed by atoms with van der Waals surface area (Å²) in [5.74, 6) is 0.645. The number of aromatic nitrogens is 1. The number of anilines is 1. The van der Waals surface area contributed by atoms with Crippen molar-refractivity contribution < 1.29 is 22.7 Å². The van der Waals surface area contributed by atoms with E-state index in [0.29, 0.717) is 6.61 Å². The van der Waals surface area contributed by atoms with Gasteiger partial charge in [0.25, 0.3) is 5.91 Å². The summed E-state index contributed by atoms with van der Waals surface area (Å²) in [6, 6.07) is 8.10. The number of benzene rings is 1. The van der Waals surface area contributed by atoms with Crippen molar-refractivity contribution >= 4 is 21.7 Å². The Morgan fingerprint density at radius 2 is 2.13 bits per heavy atom. The fraction of sp³-hybridized carbons (Fsp3) is 0.400. The summed E-state index contributed by atoms with van der Waals surface area (Å²) in [5.41, 5.74) is 1.06. The minimum atomic E-state index is -3.76. The molecule has 1 aromatic carbocycles. The van der Waals surface area contributed by atoms with Crippen molar-refractivity contribution in [3.63, 3.8) is 0 Å². The number of sulfonamides is 1. The third-order valence-electron chi connectivity index (χ3n) is 4.81. The van der Waals surface area contributed by atoms with Gasteiger partial charge in [-0.05, 0) is 43.8 Å². The summed E-state index contributed by atoms with van der Waals surface area (Å²) in [5, 5.41) is 2.79. The van der Waals surface area contributed by atoms with Crippen LogP contribution in [0.5, 0.6) is 5.75 Å². The summed E-state index contributed by atoms with van der Waals surface area (Å²) < 4.78 is 37.2. The molecule has 1 aliphatic rings. The normalized spacial score (nSPS) is 16.9. The SMILES string of the molecule is CNS(=O)(=O)c1cc(C(=O)NCc2ccc(N3CCOC(C)C3)nc2)ccc1OC. The Balaban J connectivity index is 1.66. The van der Waals surface area contributed by atoms with Gasteiger partial charge < -0.3 is 19.7 Å². The second kappa shape index (κ2) is 9.41. The van der Waals surface area contributed by atoms with E-state index in [1.807, 2.05) is 19.1 Å². The minimum Gasteiger partial charge on any atom is -0.495 e. The van der Waals surface area contributed by atoms with Crippen molar-refractivity contribution in [1.29, 1.82) is 0 Å². The number of morpholine rings is 1. The smallest absolute Gasteiger partial charge is 0.251 e.